The molecule has 0 bridgehead atoms. The van der Waals surface area contributed by atoms with Crippen molar-refractivity contribution in [3.05, 3.63) is 29.8 Å². The van der Waals surface area contributed by atoms with E-state index in [2.05, 4.69) is 29.4 Å². The fraction of sp³-hybridized carbons (Fsp3) is 0.588. The first-order valence-corrected chi connectivity index (χ1v) is 8.06. The molecule has 4 nitrogen and oxygen atoms in total. The third-order valence-corrected chi connectivity index (χ3v) is 3.89. The summed E-state index contributed by atoms with van der Waals surface area (Å²) in [5, 5.41) is 6.32. The highest BCUT2D eigenvalue weighted by atomic mass is 16.1. The van der Waals surface area contributed by atoms with Crippen molar-refractivity contribution in [2.75, 3.05) is 31.5 Å². The van der Waals surface area contributed by atoms with Crippen LogP contribution in [0.4, 0.5) is 5.69 Å². The van der Waals surface area contributed by atoms with Crippen molar-refractivity contribution in [1.82, 2.24) is 10.2 Å². The maximum absolute atomic E-state index is 12.2. The van der Waals surface area contributed by atoms with Crippen LogP contribution >= 0.6 is 0 Å². The van der Waals surface area contributed by atoms with Gasteiger partial charge in [-0.25, -0.2) is 0 Å². The van der Waals surface area contributed by atoms with Gasteiger partial charge in [-0.3, -0.25) is 4.79 Å². The van der Waals surface area contributed by atoms with Crippen molar-refractivity contribution in [3.8, 4) is 0 Å². The molecule has 1 aromatic carbocycles. The molecule has 1 atom stereocenters. The van der Waals surface area contributed by atoms with Crippen LogP contribution in [-0.2, 0) is 0 Å². The third kappa shape index (κ3) is 5.05. The Kier molecular flexibility index (Phi) is 6.05. The zero-order valence-corrected chi connectivity index (χ0v) is 13.2. The molecule has 1 saturated heterocycles. The molecule has 0 spiro atoms. The van der Waals surface area contributed by atoms with E-state index >= 15 is 0 Å². The number of anilines is 1. The van der Waals surface area contributed by atoms with Crippen molar-refractivity contribution < 1.29 is 4.79 Å². The van der Waals surface area contributed by atoms with Gasteiger partial charge in [0.1, 0.15) is 0 Å². The molecule has 1 heterocycles. The summed E-state index contributed by atoms with van der Waals surface area (Å²) in [5.41, 5.74) is 1.78. The van der Waals surface area contributed by atoms with E-state index in [-0.39, 0.29) is 11.9 Å². The van der Waals surface area contributed by atoms with Gasteiger partial charge in [0.2, 0.25) is 0 Å². The number of hydrogen-bond donors (Lipinski definition) is 2. The Labute approximate surface area is 127 Å². The molecular weight excluding hydrogens is 262 g/mol. The van der Waals surface area contributed by atoms with Crippen LogP contribution in [0.2, 0.25) is 0 Å². The van der Waals surface area contributed by atoms with Crippen LogP contribution in [0, 0.1) is 0 Å². The summed E-state index contributed by atoms with van der Waals surface area (Å²) in [7, 11) is 0. The molecule has 1 aliphatic heterocycles. The fourth-order valence-corrected chi connectivity index (χ4v) is 2.83. The second kappa shape index (κ2) is 8.03. The number of nitrogens with one attached hydrogen (secondary N) is 2. The maximum atomic E-state index is 12.2. The molecule has 0 radical (unpaired) electrons. The minimum atomic E-state index is 0.0163. The van der Waals surface area contributed by atoms with E-state index in [1.54, 1.807) is 0 Å². The Morgan fingerprint density at radius 2 is 1.86 bits per heavy atom. The Morgan fingerprint density at radius 3 is 2.48 bits per heavy atom. The number of carbonyl (C=O) groups excluding carboxylic acids is 1. The van der Waals surface area contributed by atoms with Crippen LogP contribution in [0.5, 0.6) is 0 Å². The lowest BCUT2D eigenvalue weighted by Gasteiger charge is -2.29. The first kappa shape index (κ1) is 15.8. The van der Waals surface area contributed by atoms with Crippen molar-refractivity contribution >= 4 is 11.6 Å². The van der Waals surface area contributed by atoms with Gasteiger partial charge in [-0.1, -0.05) is 6.42 Å². The Hall–Kier alpha value is -1.55. The van der Waals surface area contributed by atoms with Crippen molar-refractivity contribution in [1.29, 1.82) is 0 Å². The lowest BCUT2D eigenvalue weighted by Crippen LogP contribution is -2.43. The van der Waals surface area contributed by atoms with Gasteiger partial charge < -0.3 is 15.5 Å². The minimum Gasteiger partial charge on any atom is -0.385 e. The standard InChI is InChI=1S/C17H27N3O/c1-3-18-16-9-7-15(8-10-16)17(21)19-14(2)13-20-11-5-4-6-12-20/h7-10,14,18H,3-6,11-13H2,1-2H3,(H,19,21). The van der Waals surface area contributed by atoms with Crippen LogP contribution < -0.4 is 10.6 Å². The minimum absolute atomic E-state index is 0.0163. The van der Waals surface area contributed by atoms with Gasteiger partial charge in [0.15, 0.2) is 0 Å². The molecule has 0 aliphatic carbocycles. The lowest BCUT2D eigenvalue weighted by atomic mass is 10.1. The van der Waals surface area contributed by atoms with Gasteiger partial charge >= 0.3 is 0 Å². The maximum Gasteiger partial charge on any atom is 0.251 e. The topological polar surface area (TPSA) is 44.4 Å². The van der Waals surface area contributed by atoms with Gasteiger partial charge in [0.25, 0.3) is 5.91 Å². The number of nitrogens with zero attached hydrogens (tertiary/aromatic N) is 1. The molecule has 0 aromatic heterocycles. The normalized spacial score (nSPS) is 17.2. The first-order chi connectivity index (χ1) is 10.2. The quantitative estimate of drug-likeness (QED) is 0.846. The van der Waals surface area contributed by atoms with Gasteiger partial charge in [-0.05, 0) is 64.0 Å². The zero-order chi connectivity index (χ0) is 15.1. The predicted molar refractivity (Wildman–Crippen MR) is 87.8 cm³/mol. The summed E-state index contributed by atoms with van der Waals surface area (Å²) in [4.78, 5) is 14.7. The van der Waals surface area contributed by atoms with Crippen LogP contribution in [0.1, 0.15) is 43.5 Å². The molecule has 4 heteroatoms. The second-order valence-corrected chi connectivity index (χ2v) is 5.84. The van der Waals surface area contributed by atoms with Crippen molar-refractivity contribution in [2.45, 2.75) is 39.2 Å². The number of carbonyl (C=O) groups is 1. The van der Waals surface area contributed by atoms with E-state index in [1.165, 1.54) is 19.3 Å². The fourth-order valence-electron chi connectivity index (χ4n) is 2.83. The number of piperidine rings is 1. The number of hydrogen-bond acceptors (Lipinski definition) is 3. The second-order valence-electron chi connectivity index (χ2n) is 5.84. The molecule has 116 valence electrons. The number of amides is 1. The summed E-state index contributed by atoms with van der Waals surface area (Å²) in [6, 6.07) is 7.84. The third-order valence-electron chi connectivity index (χ3n) is 3.89. The largest absolute Gasteiger partial charge is 0.385 e. The van der Waals surface area contributed by atoms with Gasteiger partial charge in [-0.15, -0.1) is 0 Å². The van der Waals surface area contributed by atoms with E-state index in [4.69, 9.17) is 0 Å². The van der Waals surface area contributed by atoms with Gasteiger partial charge in [0, 0.05) is 30.4 Å². The highest BCUT2D eigenvalue weighted by Gasteiger charge is 2.15. The molecule has 1 amide bonds. The molecular formula is C17H27N3O. The Balaban J connectivity index is 1.82. The first-order valence-electron chi connectivity index (χ1n) is 8.06. The molecule has 1 aliphatic rings. The molecule has 0 saturated carbocycles. The van der Waals surface area contributed by atoms with E-state index in [0.717, 1.165) is 37.4 Å². The van der Waals surface area contributed by atoms with Crippen LogP contribution in [0.25, 0.3) is 0 Å². The van der Waals surface area contributed by atoms with E-state index in [1.807, 2.05) is 24.3 Å². The smallest absolute Gasteiger partial charge is 0.251 e. The average molecular weight is 289 g/mol. The van der Waals surface area contributed by atoms with Gasteiger partial charge in [0.05, 0.1) is 0 Å². The van der Waals surface area contributed by atoms with Crippen molar-refractivity contribution in [3.63, 3.8) is 0 Å². The van der Waals surface area contributed by atoms with Crippen LogP contribution in [0.3, 0.4) is 0 Å². The average Bonchev–Trinajstić information content (AvgIpc) is 2.49. The summed E-state index contributed by atoms with van der Waals surface area (Å²) < 4.78 is 0. The van der Waals surface area contributed by atoms with Crippen LogP contribution in [0.15, 0.2) is 24.3 Å². The molecule has 1 aromatic rings. The summed E-state index contributed by atoms with van der Waals surface area (Å²) in [6.07, 6.45) is 3.91. The Bertz CT molecular complexity index is 438. The van der Waals surface area contributed by atoms with E-state index < -0.39 is 0 Å². The SMILES string of the molecule is CCNc1ccc(C(=O)NC(C)CN2CCCCC2)cc1. The molecule has 21 heavy (non-hydrogen) atoms. The molecule has 1 fully saturated rings. The molecule has 1 unspecified atom stereocenters. The lowest BCUT2D eigenvalue weighted by molar-refractivity contribution is 0.0925. The number of benzene rings is 1. The predicted octanol–water partition coefficient (Wildman–Crippen LogP) is 2.72. The molecule has 2 rings (SSSR count). The van der Waals surface area contributed by atoms with Crippen molar-refractivity contribution in [2.24, 2.45) is 0 Å². The summed E-state index contributed by atoms with van der Waals surface area (Å²) in [5.74, 6) is 0.0163. The summed E-state index contributed by atoms with van der Waals surface area (Å²) in [6.45, 7) is 8.30. The van der Waals surface area contributed by atoms with Gasteiger partial charge in [-0.2, -0.15) is 0 Å². The monoisotopic (exact) mass is 289 g/mol. The highest BCUT2D eigenvalue weighted by Crippen LogP contribution is 2.11. The number of likely N-dealkylation sites (tertiary alicyclic amines) is 1. The summed E-state index contributed by atoms with van der Waals surface area (Å²) >= 11 is 0. The van der Waals surface area contributed by atoms with E-state index in [0.29, 0.717) is 0 Å². The zero-order valence-electron chi connectivity index (χ0n) is 13.2. The molecule has 2 N–H and O–H groups in total. The highest BCUT2D eigenvalue weighted by molar-refractivity contribution is 5.94. The van der Waals surface area contributed by atoms with Crippen LogP contribution in [-0.4, -0.2) is 43.0 Å². The number of rotatable bonds is 6. The van der Waals surface area contributed by atoms with E-state index in [9.17, 15) is 4.79 Å². The Morgan fingerprint density at radius 1 is 1.19 bits per heavy atom.